The number of amides is 1. The number of carbonyl (C=O) groups is 2. The molecule has 0 fully saturated rings. The number of alkyl halides is 3. The van der Waals surface area contributed by atoms with Crippen molar-refractivity contribution in [3.05, 3.63) is 70.8 Å². The Balaban J connectivity index is 2.19. The first kappa shape index (κ1) is 25.6. The summed E-state index contributed by atoms with van der Waals surface area (Å²) < 4.78 is 66.4. The first-order valence-corrected chi connectivity index (χ1v) is 11.1. The minimum Gasteiger partial charge on any atom is -0.467 e. The Morgan fingerprint density at radius 3 is 2.12 bits per heavy atom. The van der Waals surface area contributed by atoms with Crippen LogP contribution in [0.5, 0.6) is 0 Å². The summed E-state index contributed by atoms with van der Waals surface area (Å²) in [5.41, 5.74) is -0.317. The molecule has 7 nitrogen and oxygen atoms in total. The number of hydrogen-bond acceptors (Lipinski definition) is 6. The molecule has 0 aromatic heterocycles. The van der Waals surface area contributed by atoms with Gasteiger partial charge in [0, 0.05) is 26.2 Å². The summed E-state index contributed by atoms with van der Waals surface area (Å²) in [4.78, 5) is 24.8. The van der Waals surface area contributed by atoms with E-state index in [0.717, 1.165) is 13.2 Å². The third-order valence-electron chi connectivity index (χ3n) is 4.69. The summed E-state index contributed by atoms with van der Waals surface area (Å²) in [6, 6.07) is 9.39. The van der Waals surface area contributed by atoms with Crippen LogP contribution in [0.25, 0.3) is 0 Å². The fourth-order valence-electron chi connectivity index (χ4n) is 2.96. The number of carbonyl (C=O) groups excluding carboxylic acids is 2. The van der Waals surface area contributed by atoms with Crippen LogP contribution in [0.1, 0.15) is 27.0 Å². The lowest BCUT2D eigenvalue weighted by atomic mass is 9.99. The minimum atomic E-state index is -4.61. The van der Waals surface area contributed by atoms with Gasteiger partial charge >= 0.3 is 19.7 Å². The van der Waals surface area contributed by atoms with Gasteiger partial charge in [-0.2, -0.15) is 13.2 Å². The standard InChI is InChI=1S/C21H23F3NO6P/c1-29-20(27)18(12-16-6-4-5-7-17(16)21(22,23)24)25-19(26)15-10-8-14(9-11-15)13-32(28,30-2)31-3/h4-11,18H,12-13H2,1-3H3,(H,25,26)/t18-/m1/s1. The third kappa shape index (κ3) is 6.66. The Kier molecular flexibility index (Phi) is 8.60. The first-order chi connectivity index (χ1) is 15.0. The predicted molar refractivity (Wildman–Crippen MR) is 110 cm³/mol. The van der Waals surface area contributed by atoms with Gasteiger partial charge in [-0.1, -0.05) is 30.3 Å². The molecule has 0 heterocycles. The number of nitrogens with one attached hydrogen (secondary N) is 1. The molecule has 0 radical (unpaired) electrons. The summed E-state index contributed by atoms with van der Waals surface area (Å²) in [7, 11) is 0.306. The zero-order chi connectivity index (χ0) is 23.9. The molecule has 0 bridgehead atoms. The Labute approximate surface area is 183 Å². The highest BCUT2D eigenvalue weighted by atomic mass is 31.2. The van der Waals surface area contributed by atoms with Crippen molar-refractivity contribution in [2.24, 2.45) is 0 Å². The number of ether oxygens (including phenoxy) is 1. The average molecular weight is 473 g/mol. The van der Waals surface area contributed by atoms with Gasteiger partial charge in [-0.3, -0.25) is 9.36 Å². The number of methoxy groups -OCH3 is 1. The number of benzene rings is 2. The maximum absolute atomic E-state index is 13.3. The molecule has 11 heteroatoms. The van der Waals surface area contributed by atoms with Crippen molar-refractivity contribution in [1.82, 2.24) is 5.32 Å². The molecule has 2 rings (SSSR count). The Morgan fingerprint density at radius 2 is 1.59 bits per heavy atom. The van der Waals surface area contributed by atoms with Crippen LogP contribution in [-0.4, -0.2) is 39.2 Å². The van der Waals surface area contributed by atoms with E-state index in [-0.39, 0.29) is 17.3 Å². The summed E-state index contributed by atoms with van der Waals surface area (Å²) in [6.45, 7) is 0. The van der Waals surface area contributed by atoms with Crippen molar-refractivity contribution >= 4 is 19.5 Å². The summed E-state index contributed by atoms with van der Waals surface area (Å²) >= 11 is 0. The SMILES string of the molecule is COC(=O)[C@@H](Cc1ccccc1C(F)(F)F)NC(=O)c1ccc(CP(=O)(OC)OC)cc1. The molecule has 0 saturated heterocycles. The highest BCUT2D eigenvalue weighted by Crippen LogP contribution is 2.49. The number of halogens is 3. The highest BCUT2D eigenvalue weighted by molar-refractivity contribution is 7.52. The quantitative estimate of drug-likeness (QED) is 0.434. The Morgan fingerprint density at radius 1 is 1.00 bits per heavy atom. The van der Waals surface area contributed by atoms with Crippen molar-refractivity contribution < 1.29 is 41.1 Å². The van der Waals surface area contributed by atoms with Crippen molar-refractivity contribution in [3.8, 4) is 0 Å². The van der Waals surface area contributed by atoms with Gasteiger partial charge in [0.1, 0.15) is 6.04 Å². The molecule has 2 aromatic carbocycles. The van der Waals surface area contributed by atoms with Crippen LogP contribution in [0.3, 0.4) is 0 Å². The monoisotopic (exact) mass is 473 g/mol. The topological polar surface area (TPSA) is 90.9 Å². The average Bonchev–Trinajstić information content (AvgIpc) is 2.78. The normalized spacial score (nSPS) is 12.8. The second-order valence-corrected chi connectivity index (χ2v) is 9.01. The highest BCUT2D eigenvalue weighted by Gasteiger charge is 2.34. The number of rotatable bonds is 9. The fraction of sp³-hybridized carbons (Fsp3) is 0.333. The Hall–Kier alpha value is -2.68. The van der Waals surface area contributed by atoms with Crippen LogP contribution in [0.15, 0.2) is 48.5 Å². The lowest BCUT2D eigenvalue weighted by Gasteiger charge is -2.19. The third-order valence-corrected chi connectivity index (χ3v) is 6.55. The molecule has 32 heavy (non-hydrogen) atoms. The lowest BCUT2D eigenvalue weighted by Crippen LogP contribution is -2.43. The molecule has 2 aromatic rings. The van der Waals surface area contributed by atoms with Crippen molar-refractivity contribution in [1.29, 1.82) is 0 Å². The molecule has 1 amide bonds. The van der Waals surface area contributed by atoms with Gasteiger partial charge in [-0.15, -0.1) is 0 Å². The lowest BCUT2D eigenvalue weighted by molar-refractivity contribution is -0.144. The summed E-state index contributed by atoms with van der Waals surface area (Å²) in [6.07, 6.45) is -5.03. The second-order valence-electron chi connectivity index (χ2n) is 6.74. The molecule has 1 atom stereocenters. The van der Waals surface area contributed by atoms with E-state index >= 15 is 0 Å². The fourth-order valence-corrected chi connectivity index (χ4v) is 4.03. The Bertz CT molecular complexity index is 986. The van der Waals surface area contributed by atoms with Crippen LogP contribution >= 0.6 is 7.60 Å². The predicted octanol–water partition coefficient (Wildman–Crippen LogP) is 4.21. The van der Waals surface area contributed by atoms with Gasteiger partial charge < -0.3 is 19.1 Å². The molecule has 0 aliphatic carbocycles. The minimum absolute atomic E-state index is 0.0130. The van der Waals surface area contributed by atoms with E-state index in [1.165, 1.54) is 56.7 Å². The largest absolute Gasteiger partial charge is 0.467 e. The zero-order valence-electron chi connectivity index (χ0n) is 17.6. The molecule has 0 spiro atoms. The molecular weight excluding hydrogens is 450 g/mol. The zero-order valence-corrected chi connectivity index (χ0v) is 18.5. The second kappa shape index (κ2) is 10.8. The number of esters is 1. The van der Waals surface area contributed by atoms with Crippen LogP contribution in [0.2, 0.25) is 0 Å². The molecule has 1 N–H and O–H groups in total. The first-order valence-electron chi connectivity index (χ1n) is 9.36. The number of hydrogen-bond donors (Lipinski definition) is 1. The van der Waals surface area contributed by atoms with E-state index in [0.29, 0.717) is 5.56 Å². The van der Waals surface area contributed by atoms with Crippen molar-refractivity contribution in [2.75, 3.05) is 21.3 Å². The summed E-state index contributed by atoms with van der Waals surface area (Å²) in [5.74, 6) is -1.56. The van der Waals surface area contributed by atoms with Gasteiger partial charge in [-0.25, -0.2) is 4.79 Å². The van der Waals surface area contributed by atoms with Gasteiger partial charge in [-0.05, 0) is 29.3 Å². The van der Waals surface area contributed by atoms with Gasteiger partial charge in [0.2, 0.25) is 0 Å². The van der Waals surface area contributed by atoms with Crippen LogP contribution in [-0.2, 0) is 41.9 Å². The molecular formula is C21H23F3NO6P. The maximum atomic E-state index is 13.3. The smallest absolute Gasteiger partial charge is 0.416 e. The van der Waals surface area contributed by atoms with Crippen molar-refractivity contribution in [2.45, 2.75) is 24.8 Å². The van der Waals surface area contributed by atoms with Crippen LogP contribution in [0, 0.1) is 0 Å². The van der Waals surface area contributed by atoms with E-state index in [9.17, 15) is 27.3 Å². The molecule has 0 aliphatic heterocycles. The maximum Gasteiger partial charge on any atom is 0.416 e. The van der Waals surface area contributed by atoms with Gasteiger partial charge in [0.15, 0.2) is 0 Å². The van der Waals surface area contributed by atoms with Crippen LogP contribution < -0.4 is 5.32 Å². The molecule has 0 aliphatic rings. The van der Waals surface area contributed by atoms with E-state index in [1.54, 1.807) is 0 Å². The van der Waals surface area contributed by atoms with Crippen molar-refractivity contribution in [3.63, 3.8) is 0 Å². The van der Waals surface area contributed by atoms with E-state index < -0.39 is 43.7 Å². The van der Waals surface area contributed by atoms with E-state index in [2.05, 4.69) is 10.1 Å². The molecule has 0 saturated carbocycles. The van der Waals surface area contributed by atoms with Gasteiger partial charge in [0.05, 0.1) is 18.8 Å². The molecule has 0 unspecified atom stereocenters. The van der Waals surface area contributed by atoms with Crippen LogP contribution in [0.4, 0.5) is 13.2 Å². The summed E-state index contributed by atoms with van der Waals surface area (Å²) in [5, 5.41) is 2.42. The molecule has 174 valence electrons. The van der Waals surface area contributed by atoms with E-state index in [1.807, 2.05) is 0 Å². The van der Waals surface area contributed by atoms with E-state index in [4.69, 9.17) is 9.05 Å². The van der Waals surface area contributed by atoms with Gasteiger partial charge in [0.25, 0.3) is 5.91 Å².